The lowest BCUT2D eigenvalue weighted by molar-refractivity contribution is -0.384. The van der Waals surface area contributed by atoms with Crippen LogP contribution in [0.3, 0.4) is 0 Å². The van der Waals surface area contributed by atoms with Crippen molar-refractivity contribution >= 4 is 5.69 Å². The number of hydrogen-bond acceptors (Lipinski definition) is 9. The molecule has 0 aliphatic carbocycles. The summed E-state index contributed by atoms with van der Waals surface area (Å²) in [6, 6.07) is 2.75. The van der Waals surface area contributed by atoms with E-state index in [1.54, 1.807) is 6.92 Å². The van der Waals surface area contributed by atoms with Crippen molar-refractivity contribution in [2.45, 2.75) is 13.0 Å². The molecule has 2 aromatic rings. The number of rotatable bonds is 6. The van der Waals surface area contributed by atoms with E-state index >= 15 is 0 Å². The van der Waals surface area contributed by atoms with Crippen molar-refractivity contribution in [1.82, 2.24) is 20.4 Å². The minimum Gasteiger partial charge on any atom is -0.493 e. The highest BCUT2D eigenvalue weighted by molar-refractivity contribution is 5.72. The molecular formula is C16H21N5O5. The first-order valence-electron chi connectivity index (χ1n) is 8.29. The van der Waals surface area contributed by atoms with E-state index in [9.17, 15) is 10.1 Å². The van der Waals surface area contributed by atoms with Gasteiger partial charge in [0.05, 0.1) is 30.7 Å². The van der Waals surface area contributed by atoms with Gasteiger partial charge in [0.25, 0.3) is 11.6 Å². The molecule has 1 aliphatic heterocycles. The first kappa shape index (κ1) is 18.1. The topological polar surface area (TPSA) is 116 Å². The van der Waals surface area contributed by atoms with Crippen molar-refractivity contribution in [3.05, 3.63) is 28.1 Å². The molecule has 1 aromatic heterocycles. The van der Waals surface area contributed by atoms with Crippen LogP contribution in [0.1, 0.15) is 18.8 Å². The largest absolute Gasteiger partial charge is 0.493 e. The van der Waals surface area contributed by atoms with Gasteiger partial charge in [0.15, 0.2) is 17.3 Å². The third-order valence-electron chi connectivity index (χ3n) is 4.26. The van der Waals surface area contributed by atoms with Crippen molar-refractivity contribution < 1.29 is 18.9 Å². The maximum Gasteiger partial charge on any atom is 0.286 e. The summed E-state index contributed by atoms with van der Waals surface area (Å²) in [6.07, 6.45) is 0. The van der Waals surface area contributed by atoms with Crippen LogP contribution in [-0.4, -0.2) is 60.4 Å². The van der Waals surface area contributed by atoms with Crippen LogP contribution >= 0.6 is 0 Å². The molecule has 1 fully saturated rings. The van der Waals surface area contributed by atoms with E-state index < -0.39 is 4.92 Å². The van der Waals surface area contributed by atoms with E-state index in [1.807, 2.05) is 7.05 Å². The Hall–Kier alpha value is -2.72. The lowest BCUT2D eigenvalue weighted by Gasteiger charge is -2.30. The van der Waals surface area contributed by atoms with Gasteiger partial charge in [0.2, 0.25) is 0 Å². The van der Waals surface area contributed by atoms with Crippen molar-refractivity contribution in [3.63, 3.8) is 0 Å². The number of aromatic nitrogens is 2. The molecule has 3 rings (SSSR count). The molecule has 1 unspecified atom stereocenters. The van der Waals surface area contributed by atoms with Gasteiger partial charge in [0, 0.05) is 25.7 Å². The van der Waals surface area contributed by atoms with E-state index in [0.717, 1.165) is 13.1 Å². The normalized spacial score (nSPS) is 17.9. The van der Waals surface area contributed by atoms with Crippen LogP contribution in [0.4, 0.5) is 5.69 Å². The first-order valence-corrected chi connectivity index (χ1v) is 8.29. The second-order valence-corrected chi connectivity index (χ2v) is 5.87. The van der Waals surface area contributed by atoms with E-state index in [-0.39, 0.29) is 23.2 Å². The third-order valence-corrected chi connectivity index (χ3v) is 4.26. The van der Waals surface area contributed by atoms with Crippen molar-refractivity contribution in [2.24, 2.45) is 0 Å². The molecule has 0 bridgehead atoms. The predicted octanol–water partition coefficient (Wildman–Crippen LogP) is 1.63. The molecule has 10 heteroatoms. The maximum atomic E-state index is 11.5. The van der Waals surface area contributed by atoms with Gasteiger partial charge in [-0.25, -0.2) is 0 Å². The fraction of sp³-hybridized carbons (Fsp3) is 0.500. The summed E-state index contributed by atoms with van der Waals surface area (Å²) >= 11 is 0. The molecule has 2 heterocycles. The molecule has 0 radical (unpaired) electrons. The lowest BCUT2D eigenvalue weighted by atomic mass is 10.1. The van der Waals surface area contributed by atoms with Gasteiger partial charge in [0.1, 0.15) is 5.56 Å². The molecule has 26 heavy (non-hydrogen) atoms. The monoisotopic (exact) mass is 363 g/mol. The van der Waals surface area contributed by atoms with Gasteiger partial charge in [-0.3, -0.25) is 15.0 Å². The Bertz CT molecular complexity index is 793. The highest BCUT2D eigenvalue weighted by Gasteiger charge is 2.29. The molecular weight excluding hydrogens is 342 g/mol. The SMILES string of the molecule is CCOc1cc([N+](=O)[O-])c(-c2nc(C3CNCCN3C)no2)cc1OC. The lowest BCUT2D eigenvalue weighted by Crippen LogP contribution is -2.44. The van der Waals surface area contributed by atoms with Crippen LogP contribution in [0, 0.1) is 10.1 Å². The van der Waals surface area contributed by atoms with Gasteiger partial charge in [-0.15, -0.1) is 0 Å². The van der Waals surface area contributed by atoms with Gasteiger partial charge < -0.3 is 19.3 Å². The number of nitro groups is 1. The minimum atomic E-state index is -0.505. The summed E-state index contributed by atoms with van der Waals surface area (Å²) in [6.45, 7) is 4.58. The highest BCUT2D eigenvalue weighted by atomic mass is 16.6. The second kappa shape index (κ2) is 7.67. The van der Waals surface area contributed by atoms with Crippen molar-refractivity contribution in [3.8, 4) is 23.0 Å². The molecule has 0 saturated carbocycles. The summed E-state index contributed by atoms with van der Waals surface area (Å²) in [7, 11) is 3.44. The number of methoxy groups -OCH3 is 1. The summed E-state index contributed by atoms with van der Waals surface area (Å²) in [4.78, 5) is 17.5. The quantitative estimate of drug-likeness (QED) is 0.603. The van der Waals surface area contributed by atoms with E-state index in [2.05, 4.69) is 20.4 Å². The molecule has 1 aromatic carbocycles. The van der Waals surface area contributed by atoms with Gasteiger partial charge in [-0.05, 0) is 14.0 Å². The maximum absolute atomic E-state index is 11.5. The zero-order valence-corrected chi connectivity index (χ0v) is 14.9. The summed E-state index contributed by atoms with van der Waals surface area (Å²) in [5.41, 5.74) is 0.0139. The number of nitro benzene ring substituents is 1. The number of nitrogens with zero attached hydrogens (tertiary/aromatic N) is 4. The average Bonchev–Trinajstić information content (AvgIpc) is 3.11. The van der Waals surface area contributed by atoms with E-state index in [4.69, 9.17) is 14.0 Å². The molecule has 0 amide bonds. The number of nitrogens with one attached hydrogen (secondary N) is 1. The van der Waals surface area contributed by atoms with Gasteiger partial charge >= 0.3 is 0 Å². The number of likely N-dealkylation sites (N-methyl/N-ethyl adjacent to an activating group) is 1. The van der Waals surface area contributed by atoms with Gasteiger partial charge in [-0.1, -0.05) is 5.16 Å². The Balaban J connectivity index is 2.01. The second-order valence-electron chi connectivity index (χ2n) is 5.87. The molecule has 140 valence electrons. The van der Waals surface area contributed by atoms with Crippen LogP contribution in [0.5, 0.6) is 11.5 Å². The van der Waals surface area contributed by atoms with Gasteiger partial charge in [-0.2, -0.15) is 4.98 Å². The third kappa shape index (κ3) is 3.46. The molecule has 1 N–H and O–H groups in total. The molecule has 1 aliphatic rings. The summed E-state index contributed by atoms with van der Waals surface area (Å²) < 4.78 is 16.0. The molecule has 10 nitrogen and oxygen atoms in total. The first-order chi connectivity index (χ1) is 12.5. The molecule has 0 spiro atoms. The summed E-state index contributed by atoms with van der Waals surface area (Å²) in [5, 5.41) is 18.8. The Morgan fingerprint density at radius 3 is 2.92 bits per heavy atom. The Kier molecular flexibility index (Phi) is 5.33. The zero-order chi connectivity index (χ0) is 18.7. The molecule has 1 atom stereocenters. The Morgan fingerprint density at radius 2 is 2.27 bits per heavy atom. The van der Waals surface area contributed by atoms with E-state index in [0.29, 0.717) is 30.5 Å². The van der Waals surface area contributed by atoms with E-state index in [1.165, 1.54) is 19.2 Å². The van der Waals surface area contributed by atoms with Crippen LogP contribution in [0.15, 0.2) is 16.7 Å². The standard InChI is InChI=1S/C16H21N5O5/c1-4-25-14-8-11(21(22)23)10(7-13(14)24-3)16-18-15(19-26-16)12-9-17-5-6-20(12)2/h7-8,12,17H,4-6,9H2,1-3H3. The number of piperazine rings is 1. The number of ether oxygens (including phenoxy) is 2. The minimum absolute atomic E-state index is 0.0510. The van der Waals surface area contributed by atoms with Crippen LogP contribution in [0.25, 0.3) is 11.5 Å². The highest BCUT2D eigenvalue weighted by Crippen LogP contribution is 2.39. The predicted molar refractivity (Wildman–Crippen MR) is 92.4 cm³/mol. The Morgan fingerprint density at radius 1 is 1.46 bits per heavy atom. The smallest absolute Gasteiger partial charge is 0.286 e. The number of hydrogen-bond donors (Lipinski definition) is 1. The fourth-order valence-electron chi connectivity index (χ4n) is 2.87. The molecule has 1 saturated heterocycles. The number of benzene rings is 1. The summed E-state index contributed by atoms with van der Waals surface area (Å²) in [5.74, 6) is 1.22. The van der Waals surface area contributed by atoms with Crippen LogP contribution in [0.2, 0.25) is 0 Å². The average molecular weight is 363 g/mol. The zero-order valence-electron chi connectivity index (χ0n) is 14.9. The fourth-order valence-corrected chi connectivity index (χ4v) is 2.87. The van der Waals surface area contributed by atoms with Crippen LogP contribution < -0.4 is 14.8 Å². The van der Waals surface area contributed by atoms with Crippen molar-refractivity contribution in [1.29, 1.82) is 0 Å². The van der Waals surface area contributed by atoms with Crippen LogP contribution in [-0.2, 0) is 0 Å². The van der Waals surface area contributed by atoms with Crippen molar-refractivity contribution in [2.75, 3.05) is 40.4 Å². The Labute approximate surface area is 150 Å².